The van der Waals surface area contributed by atoms with Gasteiger partial charge in [-0.15, -0.1) is 0 Å². The SMILES string of the molecule is CC1(C)CC(N(CC(=O)O)C2CCCC2)C(C)(C)O1. The molecule has 19 heavy (non-hydrogen) atoms. The molecule has 2 fully saturated rings. The first-order valence-electron chi connectivity index (χ1n) is 7.39. The summed E-state index contributed by atoms with van der Waals surface area (Å²) in [5.74, 6) is -0.729. The smallest absolute Gasteiger partial charge is 0.317 e. The second-order valence-electron chi connectivity index (χ2n) is 7.19. The first-order chi connectivity index (χ1) is 8.71. The minimum absolute atomic E-state index is 0.137. The van der Waals surface area contributed by atoms with Crippen molar-refractivity contribution in [2.75, 3.05) is 6.54 Å². The molecule has 0 bridgehead atoms. The zero-order chi connectivity index (χ0) is 14.3. The Morgan fingerprint density at radius 2 is 1.84 bits per heavy atom. The minimum Gasteiger partial charge on any atom is -0.480 e. The summed E-state index contributed by atoms with van der Waals surface area (Å²) in [6, 6.07) is 0.611. The summed E-state index contributed by atoms with van der Waals surface area (Å²) >= 11 is 0. The molecule has 0 aromatic rings. The quantitative estimate of drug-likeness (QED) is 0.852. The first kappa shape index (κ1) is 14.8. The van der Waals surface area contributed by atoms with Crippen molar-refractivity contribution >= 4 is 5.97 Å². The second kappa shape index (κ2) is 5.06. The van der Waals surface area contributed by atoms with E-state index in [1.807, 2.05) is 0 Å². The molecule has 4 nitrogen and oxygen atoms in total. The summed E-state index contributed by atoms with van der Waals surface area (Å²) in [6.45, 7) is 8.52. The molecule has 2 aliphatic rings. The molecule has 0 aromatic carbocycles. The number of aliphatic carboxylic acids is 1. The minimum atomic E-state index is -0.729. The highest BCUT2D eigenvalue weighted by molar-refractivity contribution is 5.69. The number of ether oxygens (including phenoxy) is 1. The van der Waals surface area contributed by atoms with Crippen LogP contribution in [0.15, 0.2) is 0 Å². The lowest BCUT2D eigenvalue weighted by Gasteiger charge is -2.39. The number of rotatable bonds is 4. The van der Waals surface area contributed by atoms with E-state index in [0.29, 0.717) is 6.04 Å². The monoisotopic (exact) mass is 269 g/mol. The number of nitrogens with zero attached hydrogens (tertiary/aromatic N) is 1. The maximum Gasteiger partial charge on any atom is 0.317 e. The van der Waals surface area contributed by atoms with Gasteiger partial charge < -0.3 is 9.84 Å². The summed E-state index contributed by atoms with van der Waals surface area (Å²) in [4.78, 5) is 13.4. The van der Waals surface area contributed by atoms with Crippen LogP contribution in [-0.4, -0.2) is 45.8 Å². The molecule has 110 valence electrons. The molecule has 1 aliphatic carbocycles. The molecule has 0 aromatic heterocycles. The number of carbonyl (C=O) groups is 1. The predicted octanol–water partition coefficient (Wildman–Crippen LogP) is 2.66. The highest BCUT2D eigenvalue weighted by atomic mass is 16.5. The Balaban J connectivity index is 2.19. The van der Waals surface area contributed by atoms with E-state index < -0.39 is 5.97 Å². The first-order valence-corrected chi connectivity index (χ1v) is 7.39. The highest BCUT2D eigenvalue weighted by Gasteiger charge is 2.50. The van der Waals surface area contributed by atoms with E-state index in [1.165, 1.54) is 12.8 Å². The molecule has 1 atom stereocenters. The van der Waals surface area contributed by atoms with Crippen LogP contribution in [0.4, 0.5) is 0 Å². The lowest BCUT2D eigenvalue weighted by Crippen LogP contribution is -2.52. The highest BCUT2D eigenvalue weighted by Crippen LogP contribution is 2.42. The predicted molar refractivity (Wildman–Crippen MR) is 74.2 cm³/mol. The fraction of sp³-hybridized carbons (Fsp3) is 0.933. The molecule has 0 radical (unpaired) electrons. The van der Waals surface area contributed by atoms with Crippen molar-refractivity contribution in [1.29, 1.82) is 0 Å². The lowest BCUT2D eigenvalue weighted by molar-refractivity contribution is -0.141. The van der Waals surface area contributed by atoms with E-state index in [1.54, 1.807) is 0 Å². The molecule has 1 aliphatic heterocycles. The van der Waals surface area contributed by atoms with Gasteiger partial charge in [0.2, 0.25) is 0 Å². The van der Waals surface area contributed by atoms with Gasteiger partial charge in [0.1, 0.15) is 0 Å². The van der Waals surface area contributed by atoms with Gasteiger partial charge in [0.15, 0.2) is 0 Å². The van der Waals surface area contributed by atoms with Gasteiger partial charge in [-0.1, -0.05) is 12.8 Å². The second-order valence-corrected chi connectivity index (χ2v) is 7.19. The Morgan fingerprint density at radius 1 is 1.26 bits per heavy atom. The molecule has 1 saturated carbocycles. The van der Waals surface area contributed by atoms with Gasteiger partial charge in [-0.05, 0) is 47.0 Å². The number of carboxylic acid groups (broad SMARTS) is 1. The van der Waals surface area contributed by atoms with E-state index in [2.05, 4.69) is 32.6 Å². The number of carboxylic acids is 1. The molecular weight excluding hydrogens is 242 g/mol. The Hall–Kier alpha value is -0.610. The average molecular weight is 269 g/mol. The van der Waals surface area contributed by atoms with Crippen LogP contribution in [0.2, 0.25) is 0 Å². The fourth-order valence-corrected chi connectivity index (χ4v) is 3.94. The number of hydrogen-bond acceptors (Lipinski definition) is 3. The molecule has 0 spiro atoms. The van der Waals surface area contributed by atoms with Gasteiger partial charge in [0.25, 0.3) is 0 Å². The van der Waals surface area contributed by atoms with Gasteiger partial charge in [0, 0.05) is 12.1 Å². The maximum atomic E-state index is 11.2. The van der Waals surface area contributed by atoms with Crippen molar-refractivity contribution in [3.8, 4) is 0 Å². The van der Waals surface area contributed by atoms with Gasteiger partial charge >= 0.3 is 5.97 Å². The lowest BCUT2D eigenvalue weighted by atomic mass is 9.91. The van der Waals surface area contributed by atoms with Crippen LogP contribution >= 0.6 is 0 Å². The van der Waals surface area contributed by atoms with Crippen LogP contribution in [0.5, 0.6) is 0 Å². The third-order valence-corrected chi connectivity index (χ3v) is 4.54. The van der Waals surface area contributed by atoms with Crippen LogP contribution in [-0.2, 0) is 9.53 Å². The van der Waals surface area contributed by atoms with Gasteiger partial charge in [-0.3, -0.25) is 9.69 Å². The summed E-state index contributed by atoms with van der Waals surface area (Å²) in [5.41, 5.74) is -0.439. The molecular formula is C15H27NO3. The topological polar surface area (TPSA) is 49.8 Å². The van der Waals surface area contributed by atoms with Crippen molar-refractivity contribution < 1.29 is 14.6 Å². The summed E-state index contributed by atoms with van der Waals surface area (Å²) in [6.07, 6.45) is 5.60. The normalized spacial score (nSPS) is 30.1. The summed E-state index contributed by atoms with van der Waals surface area (Å²) in [5, 5.41) is 9.22. The van der Waals surface area contributed by atoms with E-state index in [0.717, 1.165) is 19.3 Å². The van der Waals surface area contributed by atoms with E-state index in [9.17, 15) is 9.90 Å². The fourth-order valence-electron chi connectivity index (χ4n) is 3.94. The van der Waals surface area contributed by atoms with Crippen molar-refractivity contribution in [2.45, 2.75) is 83.1 Å². The molecule has 2 rings (SSSR count). The van der Waals surface area contributed by atoms with Crippen molar-refractivity contribution in [2.24, 2.45) is 0 Å². The number of hydrogen-bond donors (Lipinski definition) is 1. The zero-order valence-electron chi connectivity index (χ0n) is 12.6. The molecule has 1 saturated heterocycles. The van der Waals surface area contributed by atoms with Gasteiger partial charge in [0.05, 0.1) is 17.7 Å². The Morgan fingerprint density at radius 3 is 2.26 bits per heavy atom. The molecule has 0 amide bonds. The van der Waals surface area contributed by atoms with Gasteiger partial charge in [-0.25, -0.2) is 0 Å². The van der Waals surface area contributed by atoms with Crippen LogP contribution in [0.25, 0.3) is 0 Å². The maximum absolute atomic E-state index is 11.2. The molecule has 1 heterocycles. The standard InChI is InChI=1S/C15H27NO3/c1-14(2)9-12(15(3,4)19-14)16(10-13(17)18)11-7-5-6-8-11/h11-12H,5-10H2,1-4H3,(H,17,18). The molecule has 4 heteroatoms. The largest absolute Gasteiger partial charge is 0.480 e. The van der Waals surface area contributed by atoms with Crippen LogP contribution in [0.3, 0.4) is 0 Å². The van der Waals surface area contributed by atoms with Crippen molar-refractivity contribution in [3.05, 3.63) is 0 Å². The zero-order valence-corrected chi connectivity index (χ0v) is 12.6. The summed E-state index contributed by atoms with van der Waals surface area (Å²) < 4.78 is 6.14. The van der Waals surface area contributed by atoms with E-state index in [4.69, 9.17) is 4.74 Å². The Kier molecular flexibility index (Phi) is 3.94. The van der Waals surface area contributed by atoms with Gasteiger partial charge in [-0.2, -0.15) is 0 Å². The van der Waals surface area contributed by atoms with E-state index >= 15 is 0 Å². The van der Waals surface area contributed by atoms with Crippen LogP contribution in [0, 0.1) is 0 Å². The Bertz CT molecular complexity index is 345. The van der Waals surface area contributed by atoms with Crippen molar-refractivity contribution in [3.63, 3.8) is 0 Å². The Labute approximate surface area is 116 Å². The third-order valence-electron chi connectivity index (χ3n) is 4.54. The third kappa shape index (κ3) is 3.29. The summed E-state index contributed by atoms with van der Waals surface area (Å²) in [7, 11) is 0. The molecule has 1 N–H and O–H groups in total. The van der Waals surface area contributed by atoms with E-state index in [-0.39, 0.29) is 23.8 Å². The van der Waals surface area contributed by atoms with Crippen LogP contribution in [0.1, 0.15) is 59.8 Å². The van der Waals surface area contributed by atoms with Crippen molar-refractivity contribution in [1.82, 2.24) is 4.90 Å². The van der Waals surface area contributed by atoms with Crippen LogP contribution < -0.4 is 0 Å². The molecule has 1 unspecified atom stereocenters. The average Bonchev–Trinajstić information content (AvgIpc) is 2.80.